The van der Waals surface area contributed by atoms with Crippen molar-refractivity contribution in [2.75, 3.05) is 5.32 Å². The molecule has 0 spiro atoms. The summed E-state index contributed by atoms with van der Waals surface area (Å²) in [5.41, 5.74) is 2.75. The highest BCUT2D eigenvalue weighted by Gasteiger charge is 2.33. The second-order valence-electron chi connectivity index (χ2n) is 6.52. The summed E-state index contributed by atoms with van der Waals surface area (Å²) >= 11 is 0. The van der Waals surface area contributed by atoms with Crippen LogP contribution in [0.4, 0.5) is 5.69 Å². The molecule has 0 aliphatic heterocycles. The van der Waals surface area contributed by atoms with E-state index >= 15 is 0 Å². The highest BCUT2D eigenvalue weighted by molar-refractivity contribution is 6.06. The van der Waals surface area contributed by atoms with E-state index in [0.29, 0.717) is 23.2 Å². The van der Waals surface area contributed by atoms with Gasteiger partial charge in [0, 0.05) is 23.2 Å². The summed E-state index contributed by atoms with van der Waals surface area (Å²) in [5, 5.41) is 2.76. The molecular weight excluding hydrogens is 354 g/mol. The van der Waals surface area contributed by atoms with E-state index in [9.17, 15) is 14.4 Å². The molecule has 0 bridgehead atoms. The van der Waals surface area contributed by atoms with Crippen molar-refractivity contribution >= 4 is 23.3 Å². The van der Waals surface area contributed by atoms with Crippen LogP contribution in [0.25, 0.3) is 0 Å². The standard InChI is InChI=1S/C23H17NO4/c25-21-19-12-5-4-9-16(19)14-20(21)28-23(27)17-10-6-11-18(13-17)24-22(26)15-7-2-1-3-8-15/h1-13,20H,14H2,(H,24,26)/t20-/m1/s1. The van der Waals surface area contributed by atoms with Crippen molar-refractivity contribution < 1.29 is 19.1 Å². The molecule has 3 aromatic rings. The largest absolute Gasteiger partial charge is 0.450 e. The van der Waals surface area contributed by atoms with Gasteiger partial charge in [-0.25, -0.2) is 4.79 Å². The number of ether oxygens (including phenoxy) is 1. The lowest BCUT2D eigenvalue weighted by Gasteiger charge is -2.11. The molecule has 0 fully saturated rings. The van der Waals surface area contributed by atoms with Gasteiger partial charge in [-0.15, -0.1) is 0 Å². The number of esters is 1. The van der Waals surface area contributed by atoms with E-state index in [1.165, 1.54) is 6.07 Å². The molecule has 0 radical (unpaired) electrons. The summed E-state index contributed by atoms with van der Waals surface area (Å²) in [5.74, 6) is -1.05. The maximum absolute atomic E-state index is 12.5. The van der Waals surface area contributed by atoms with E-state index < -0.39 is 12.1 Å². The van der Waals surface area contributed by atoms with Crippen LogP contribution in [0, 0.1) is 0 Å². The molecule has 0 heterocycles. The smallest absolute Gasteiger partial charge is 0.338 e. The van der Waals surface area contributed by atoms with E-state index in [0.717, 1.165) is 5.56 Å². The second kappa shape index (κ2) is 7.48. The molecule has 0 aromatic heterocycles. The van der Waals surface area contributed by atoms with Crippen molar-refractivity contribution in [1.29, 1.82) is 0 Å². The summed E-state index contributed by atoms with van der Waals surface area (Å²) in [6, 6.07) is 22.5. The lowest BCUT2D eigenvalue weighted by atomic mass is 10.1. The van der Waals surface area contributed by atoms with Crippen LogP contribution in [0.1, 0.15) is 36.6 Å². The average Bonchev–Trinajstić information content (AvgIpc) is 3.04. The molecule has 5 heteroatoms. The Bertz CT molecular complexity index is 1060. The Labute approximate surface area is 162 Å². The maximum Gasteiger partial charge on any atom is 0.338 e. The van der Waals surface area contributed by atoms with Crippen molar-refractivity contribution in [3.05, 3.63) is 101 Å². The van der Waals surface area contributed by atoms with Gasteiger partial charge in [-0.3, -0.25) is 9.59 Å². The molecule has 1 amide bonds. The fourth-order valence-corrected chi connectivity index (χ4v) is 3.21. The minimum atomic E-state index is -0.813. The fraction of sp³-hybridized carbons (Fsp3) is 0.0870. The number of fused-ring (bicyclic) bond motifs is 1. The number of anilines is 1. The Morgan fingerprint density at radius 3 is 2.36 bits per heavy atom. The molecule has 28 heavy (non-hydrogen) atoms. The highest BCUT2D eigenvalue weighted by atomic mass is 16.5. The lowest BCUT2D eigenvalue weighted by molar-refractivity contribution is 0.0304. The molecule has 1 aliphatic rings. The third kappa shape index (κ3) is 3.55. The summed E-state index contributed by atoms with van der Waals surface area (Å²) in [6.07, 6.45) is -0.432. The van der Waals surface area contributed by atoms with E-state index in [1.807, 2.05) is 18.2 Å². The fourth-order valence-electron chi connectivity index (χ4n) is 3.21. The summed E-state index contributed by atoms with van der Waals surface area (Å²) in [6.45, 7) is 0. The predicted octanol–water partition coefficient (Wildman–Crippen LogP) is 3.90. The molecule has 0 unspecified atom stereocenters. The lowest BCUT2D eigenvalue weighted by Crippen LogP contribution is -2.24. The minimum Gasteiger partial charge on any atom is -0.450 e. The van der Waals surface area contributed by atoms with Crippen LogP contribution in [-0.2, 0) is 11.2 Å². The van der Waals surface area contributed by atoms with E-state index in [2.05, 4.69) is 5.32 Å². The normalized spacial score (nSPS) is 15.0. The van der Waals surface area contributed by atoms with Crippen LogP contribution in [0.2, 0.25) is 0 Å². The van der Waals surface area contributed by atoms with Gasteiger partial charge in [-0.2, -0.15) is 0 Å². The molecule has 3 aromatic carbocycles. The van der Waals surface area contributed by atoms with Crippen molar-refractivity contribution in [2.45, 2.75) is 12.5 Å². The monoisotopic (exact) mass is 371 g/mol. The Balaban J connectivity index is 1.45. The number of hydrogen-bond donors (Lipinski definition) is 1. The van der Waals surface area contributed by atoms with Gasteiger partial charge in [-0.1, -0.05) is 48.5 Å². The van der Waals surface area contributed by atoms with Crippen molar-refractivity contribution in [3.63, 3.8) is 0 Å². The molecule has 1 aliphatic carbocycles. The summed E-state index contributed by atoms with van der Waals surface area (Å²) in [4.78, 5) is 37.2. The van der Waals surface area contributed by atoms with Crippen LogP contribution in [0.3, 0.4) is 0 Å². The van der Waals surface area contributed by atoms with Crippen LogP contribution >= 0.6 is 0 Å². The number of amides is 1. The van der Waals surface area contributed by atoms with Gasteiger partial charge >= 0.3 is 5.97 Å². The van der Waals surface area contributed by atoms with Crippen molar-refractivity contribution in [1.82, 2.24) is 0 Å². The van der Waals surface area contributed by atoms with E-state index in [4.69, 9.17) is 4.74 Å². The highest BCUT2D eigenvalue weighted by Crippen LogP contribution is 2.25. The van der Waals surface area contributed by atoms with Crippen LogP contribution in [-0.4, -0.2) is 23.8 Å². The molecule has 1 N–H and O–H groups in total. The molecule has 4 rings (SSSR count). The third-order valence-corrected chi connectivity index (χ3v) is 4.62. The van der Waals surface area contributed by atoms with Gasteiger partial charge in [0.2, 0.25) is 5.78 Å². The van der Waals surface area contributed by atoms with Gasteiger partial charge in [0.05, 0.1) is 5.56 Å². The molecule has 0 saturated heterocycles. The topological polar surface area (TPSA) is 72.5 Å². The maximum atomic E-state index is 12.5. The van der Waals surface area contributed by atoms with Gasteiger partial charge in [0.1, 0.15) is 0 Å². The van der Waals surface area contributed by atoms with Gasteiger partial charge in [0.25, 0.3) is 5.91 Å². The number of ketones is 1. The molecule has 0 saturated carbocycles. The molecular formula is C23H17NO4. The van der Waals surface area contributed by atoms with E-state index in [-0.39, 0.29) is 17.3 Å². The van der Waals surface area contributed by atoms with Crippen LogP contribution < -0.4 is 5.32 Å². The Kier molecular flexibility index (Phi) is 4.72. The Morgan fingerprint density at radius 1 is 0.857 bits per heavy atom. The quantitative estimate of drug-likeness (QED) is 0.706. The second-order valence-corrected chi connectivity index (χ2v) is 6.52. The first-order chi connectivity index (χ1) is 13.6. The zero-order valence-corrected chi connectivity index (χ0v) is 14.9. The average molecular weight is 371 g/mol. The van der Waals surface area contributed by atoms with Crippen molar-refractivity contribution in [3.8, 4) is 0 Å². The zero-order valence-electron chi connectivity index (χ0n) is 14.9. The van der Waals surface area contributed by atoms with Gasteiger partial charge in [0.15, 0.2) is 6.10 Å². The first kappa shape index (κ1) is 17.7. The van der Waals surface area contributed by atoms with E-state index in [1.54, 1.807) is 54.6 Å². The number of benzene rings is 3. The van der Waals surface area contributed by atoms with Gasteiger partial charge in [-0.05, 0) is 35.9 Å². The first-order valence-corrected chi connectivity index (χ1v) is 8.91. The SMILES string of the molecule is O=C(Nc1cccc(C(=O)O[C@@H]2Cc3ccccc3C2=O)c1)c1ccccc1. The first-order valence-electron chi connectivity index (χ1n) is 8.91. The summed E-state index contributed by atoms with van der Waals surface area (Å²) < 4.78 is 5.44. The van der Waals surface area contributed by atoms with Crippen molar-refractivity contribution in [2.24, 2.45) is 0 Å². The van der Waals surface area contributed by atoms with Crippen LogP contribution in [0.15, 0.2) is 78.9 Å². The minimum absolute atomic E-state index is 0.183. The third-order valence-electron chi connectivity index (χ3n) is 4.62. The Morgan fingerprint density at radius 2 is 1.57 bits per heavy atom. The number of Topliss-reactive ketones (excluding diaryl/α,β-unsaturated/α-hetero) is 1. The number of carbonyl (C=O) groups excluding carboxylic acids is 3. The molecule has 1 atom stereocenters. The summed E-state index contributed by atoms with van der Waals surface area (Å²) in [7, 11) is 0. The number of carbonyl (C=O) groups is 3. The molecule has 5 nitrogen and oxygen atoms in total. The number of hydrogen-bond acceptors (Lipinski definition) is 4. The number of nitrogens with one attached hydrogen (secondary N) is 1. The predicted molar refractivity (Wildman–Crippen MR) is 105 cm³/mol. The molecule has 138 valence electrons. The number of rotatable bonds is 4. The zero-order chi connectivity index (χ0) is 19.5. The van der Waals surface area contributed by atoms with Gasteiger partial charge < -0.3 is 10.1 Å². The van der Waals surface area contributed by atoms with Crippen LogP contribution in [0.5, 0.6) is 0 Å². The Hall–Kier alpha value is -3.73.